The Balaban J connectivity index is 1.69. The third kappa shape index (κ3) is 6.19. The van der Waals surface area contributed by atoms with Gasteiger partial charge in [0.1, 0.15) is 6.04 Å². The van der Waals surface area contributed by atoms with Crippen LogP contribution < -0.4 is 10.6 Å². The van der Waals surface area contributed by atoms with Gasteiger partial charge in [0, 0.05) is 24.9 Å². The third-order valence-electron chi connectivity index (χ3n) is 5.28. The Morgan fingerprint density at radius 2 is 1.68 bits per heavy atom. The molecule has 1 aromatic carbocycles. The summed E-state index contributed by atoms with van der Waals surface area (Å²) in [6, 6.07) is 12.8. The molecule has 1 atom stereocenters. The van der Waals surface area contributed by atoms with Crippen molar-refractivity contribution in [2.24, 2.45) is 0 Å². The molecular weight excluding hydrogens is 350 g/mol. The molecular formula is C23H29N3O2. The highest BCUT2D eigenvalue weighted by Gasteiger charge is 2.24. The number of hydrogen-bond acceptors (Lipinski definition) is 3. The van der Waals surface area contributed by atoms with Gasteiger partial charge in [-0.2, -0.15) is 0 Å². The highest BCUT2D eigenvalue weighted by molar-refractivity contribution is 5.97. The van der Waals surface area contributed by atoms with E-state index >= 15 is 0 Å². The minimum Gasteiger partial charge on any atom is -0.352 e. The van der Waals surface area contributed by atoms with Crippen molar-refractivity contribution in [3.05, 3.63) is 66.0 Å². The van der Waals surface area contributed by atoms with Crippen LogP contribution >= 0.6 is 0 Å². The van der Waals surface area contributed by atoms with Gasteiger partial charge >= 0.3 is 0 Å². The Morgan fingerprint density at radius 3 is 2.36 bits per heavy atom. The van der Waals surface area contributed by atoms with E-state index in [4.69, 9.17) is 0 Å². The summed E-state index contributed by atoms with van der Waals surface area (Å²) in [5.74, 6) is -0.381. The minimum atomic E-state index is -0.611. The van der Waals surface area contributed by atoms with Gasteiger partial charge in [0.15, 0.2) is 0 Å². The van der Waals surface area contributed by atoms with Crippen LogP contribution in [0.1, 0.15) is 60.9 Å². The molecule has 3 rings (SSSR count). The lowest BCUT2D eigenvalue weighted by molar-refractivity contribution is -0.123. The first-order chi connectivity index (χ1) is 13.7. The quantitative estimate of drug-likeness (QED) is 0.805. The van der Waals surface area contributed by atoms with E-state index in [0.717, 1.165) is 31.2 Å². The Labute approximate surface area is 167 Å². The maximum atomic E-state index is 13.0. The average Bonchev–Trinajstić information content (AvgIpc) is 2.70. The number of carbonyl (C=O) groups is 2. The molecule has 1 saturated carbocycles. The average molecular weight is 380 g/mol. The third-order valence-corrected chi connectivity index (χ3v) is 5.28. The van der Waals surface area contributed by atoms with Crippen molar-refractivity contribution < 1.29 is 9.59 Å². The number of nitrogens with one attached hydrogen (secondary N) is 2. The number of carbonyl (C=O) groups excluding carboxylic acids is 2. The lowest BCUT2D eigenvalue weighted by atomic mass is 9.96. The fourth-order valence-electron chi connectivity index (χ4n) is 3.70. The molecule has 0 unspecified atom stereocenters. The summed E-state index contributed by atoms with van der Waals surface area (Å²) < 4.78 is 0. The normalized spacial score (nSPS) is 16.4. The molecule has 2 aromatic rings. The number of nitrogens with zero attached hydrogens (tertiary/aromatic N) is 1. The monoisotopic (exact) mass is 379 g/mol. The van der Waals surface area contributed by atoms with Crippen molar-refractivity contribution in [2.45, 2.75) is 63.5 Å². The van der Waals surface area contributed by atoms with Crippen molar-refractivity contribution in [3.8, 4) is 0 Å². The van der Waals surface area contributed by atoms with E-state index in [0.29, 0.717) is 12.0 Å². The largest absolute Gasteiger partial charge is 0.352 e. The van der Waals surface area contributed by atoms with Gasteiger partial charge in [-0.25, -0.2) is 0 Å². The van der Waals surface area contributed by atoms with Gasteiger partial charge < -0.3 is 10.6 Å². The Bertz CT molecular complexity index is 741. The van der Waals surface area contributed by atoms with Crippen LogP contribution in [0.5, 0.6) is 0 Å². The molecule has 1 fully saturated rings. The molecule has 148 valence electrons. The topological polar surface area (TPSA) is 71.1 Å². The van der Waals surface area contributed by atoms with E-state index in [9.17, 15) is 9.59 Å². The van der Waals surface area contributed by atoms with Gasteiger partial charge in [0.25, 0.3) is 5.91 Å². The molecule has 2 amide bonds. The summed E-state index contributed by atoms with van der Waals surface area (Å²) in [5.41, 5.74) is 1.48. The van der Waals surface area contributed by atoms with E-state index in [-0.39, 0.29) is 17.9 Å². The van der Waals surface area contributed by atoms with E-state index in [2.05, 4.69) is 15.6 Å². The second-order valence-electron chi connectivity index (χ2n) is 7.51. The van der Waals surface area contributed by atoms with Crippen molar-refractivity contribution in [3.63, 3.8) is 0 Å². The number of aromatic nitrogens is 1. The first kappa shape index (κ1) is 20.1. The number of amides is 2. The molecule has 28 heavy (non-hydrogen) atoms. The molecule has 0 radical (unpaired) electrons. The first-order valence-electron chi connectivity index (χ1n) is 10.3. The zero-order valence-electron chi connectivity index (χ0n) is 16.3. The number of rotatable bonds is 6. The summed E-state index contributed by atoms with van der Waals surface area (Å²) in [6.45, 7) is 0. The predicted molar refractivity (Wildman–Crippen MR) is 110 cm³/mol. The summed E-state index contributed by atoms with van der Waals surface area (Å²) in [6.07, 6.45) is 11.7. The van der Waals surface area contributed by atoms with Gasteiger partial charge in [0.2, 0.25) is 5.91 Å². The fourth-order valence-corrected chi connectivity index (χ4v) is 3.70. The molecule has 0 aliphatic heterocycles. The first-order valence-corrected chi connectivity index (χ1v) is 10.3. The highest BCUT2D eigenvalue weighted by atomic mass is 16.2. The Kier molecular flexibility index (Phi) is 7.59. The molecule has 0 saturated heterocycles. The Morgan fingerprint density at radius 1 is 0.964 bits per heavy atom. The van der Waals surface area contributed by atoms with Crippen molar-refractivity contribution >= 4 is 11.8 Å². The Hall–Kier alpha value is -2.69. The minimum absolute atomic E-state index is 0.105. The standard InChI is InChI=1S/C23H29N3O2/c27-22(19-12-9-15-24-17-19)26-21(16-18-10-5-4-6-11-18)23(28)25-20-13-7-2-1-3-8-14-20/h4-6,9-12,15,17,20-21H,1-3,7-8,13-14,16H2,(H,25,28)(H,26,27)/t21-/m0/s1. The molecule has 0 bridgehead atoms. The maximum Gasteiger partial charge on any atom is 0.253 e. The lowest BCUT2D eigenvalue weighted by Gasteiger charge is -2.25. The zero-order chi connectivity index (χ0) is 19.6. The van der Waals surface area contributed by atoms with Crippen LogP contribution in [-0.2, 0) is 11.2 Å². The van der Waals surface area contributed by atoms with E-state index < -0.39 is 6.04 Å². The van der Waals surface area contributed by atoms with Crippen LogP contribution in [-0.4, -0.2) is 28.9 Å². The van der Waals surface area contributed by atoms with E-state index in [1.165, 1.54) is 25.5 Å². The van der Waals surface area contributed by atoms with E-state index in [1.807, 2.05) is 30.3 Å². The summed E-state index contributed by atoms with van der Waals surface area (Å²) in [4.78, 5) is 29.6. The molecule has 2 N–H and O–H groups in total. The van der Waals surface area contributed by atoms with Crippen molar-refractivity contribution in [2.75, 3.05) is 0 Å². The molecule has 1 aromatic heterocycles. The predicted octanol–water partition coefficient (Wildman–Crippen LogP) is 3.65. The number of hydrogen-bond donors (Lipinski definition) is 2. The van der Waals surface area contributed by atoms with Crippen LogP contribution in [0, 0.1) is 0 Å². The number of benzene rings is 1. The molecule has 1 heterocycles. The highest BCUT2D eigenvalue weighted by Crippen LogP contribution is 2.17. The molecule has 5 nitrogen and oxygen atoms in total. The van der Waals surface area contributed by atoms with E-state index in [1.54, 1.807) is 18.3 Å². The second-order valence-corrected chi connectivity index (χ2v) is 7.51. The van der Waals surface area contributed by atoms with Crippen LogP contribution in [0.3, 0.4) is 0 Å². The van der Waals surface area contributed by atoms with Crippen molar-refractivity contribution in [1.82, 2.24) is 15.6 Å². The van der Waals surface area contributed by atoms with Crippen LogP contribution in [0.15, 0.2) is 54.9 Å². The van der Waals surface area contributed by atoms with Gasteiger partial charge in [-0.05, 0) is 30.5 Å². The molecule has 1 aliphatic rings. The smallest absolute Gasteiger partial charge is 0.253 e. The molecule has 1 aliphatic carbocycles. The van der Waals surface area contributed by atoms with Crippen molar-refractivity contribution in [1.29, 1.82) is 0 Å². The van der Waals surface area contributed by atoms with Gasteiger partial charge in [-0.15, -0.1) is 0 Å². The summed E-state index contributed by atoms with van der Waals surface area (Å²) in [7, 11) is 0. The zero-order valence-corrected chi connectivity index (χ0v) is 16.3. The van der Waals surface area contributed by atoms with Crippen LogP contribution in [0.4, 0.5) is 0 Å². The van der Waals surface area contributed by atoms with Crippen LogP contribution in [0.25, 0.3) is 0 Å². The van der Waals surface area contributed by atoms with Gasteiger partial charge in [-0.1, -0.05) is 62.4 Å². The van der Waals surface area contributed by atoms with Gasteiger partial charge in [0.05, 0.1) is 5.56 Å². The second kappa shape index (κ2) is 10.6. The number of pyridine rings is 1. The van der Waals surface area contributed by atoms with Gasteiger partial charge in [-0.3, -0.25) is 14.6 Å². The van der Waals surface area contributed by atoms with Crippen LogP contribution in [0.2, 0.25) is 0 Å². The summed E-state index contributed by atoms with van der Waals surface area (Å²) in [5, 5.41) is 6.10. The SMILES string of the molecule is O=C(N[C@@H](Cc1ccccc1)C(=O)NC1CCCCCCC1)c1cccnc1. The lowest BCUT2D eigenvalue weighted by Crippen LogP contribution is -2.50. The molecule has 5 heteroatoms. The summed E-state index contributed by atoms with van der Waals surface area (Å²) >= 11 is 0. The molecule has 0 spiro atoms. The maximum absolute atomic E-state index is 13.0. The fraction of sp³-hybridized carbons (Fsp3) is 0.435.